The first-order valence-electron chi connectivity index (χ1n) is 11.5. The molecule has 1 nitrogen and oxygen atoms in total. The first kappa shape index (κ1) is 25.2. The van der Waals surface area contributed by atoms with Gasteiger partial charge in [-0.2, -0.15) is 24.1 Å². The maximum absolute atomic E-state index is 6.31. The smallest absolute Gasteiger partial charge is 0.377 e. The van der Waals surface area contributed by atoms with Crippen LogP contribution in [0.3, 0.4) is 0 Å². The quantitative estimate of drug-likeness (QED) is 0.164. The topological polar surface area (TPSA) is 9.23 Å². The van der Waals surface area contributed by atoms with E-state index in [1.807, 2.05) is 0 Å². The molecule has 1 unspecified atom stereocenters. The monoisotopic (exact) mass is 428 g/mol. The summed E-state index contributed by atoms with van der Waals surface area (Å²) >= 11 is 0. The zero-order valence-corrected chi connectivity index (χ0v) is 19.2. The SMILES string of the molecule is C.CCCCC([CH-]c1ccccc1)COCc1ccc2ccc3cccc4ccc1c2c34.[Li+]. The Morgan fingerprint density at radius 3 is 2.15 bits per heavy atom. The number of benzene rings is 5. The molecule has 0 aliphatic carbocycles. The molecule has 0 amide bonds. The van der Waals surface area contributed by atoms with E-state index < -0.39 is 0 Å². The summed E-state index contributed by atoms with van der Waals surface area (Å²) in [6, 6.07) is 30.7. The molecule has 164 valence electrons. The van der Waals surface area contributed by atoms with Gasteiger partial charge in [-0.15, -0.1) is 12.1 Å². The number of rotatable bonds is 9. The van der Waals surface area contributed by atoms with Crippen molar-refractivity contribution in [2.24, 2.45) is 5.92 Å². The van der Waals surface area contributed by atoms with Crippen molar-refractivity contribution in [3.63, 3.8) is 0 Å². The Bertz CT molecular complexity index is 1260. The van der Waals surface area contributed by atoms with Gasteiger partial charge in [0.05, 0.1) is 6.61 Å². The van der Waals surface area contributed by atoms with Gasteiger partial charge in [0, 0.05) is 6.61 Å². The van der Waals surface area contributed by atoms with Crippen LogP contribution in [0.2, 0.25) is 0 Å². The van der Waals surface area contributed by atoms with E-state index in [1.54, 1.807) is 0 Å². The molecular weight excluding hydrogens is 395 g/mol. The van der Waals surface area contributed by atoms with Gasteiger partial charge >= 0.3 is 18.9 Å². The number of unbranched alkanes of at least 4 members (excludes halogenated alkanes) is 1. The van der Waals surface area contributed by atoms with Gasteiger partial charge < -0.3 is 4.74 Å². The Labute approximate surface area is 210 Å². The van der Waals surface area contributed by atoms with Gasteiger partial charge in [-0.05, 0) is 43.8 Å². The number of hydrogen-bond donors (Lipinski definition) is 0. The molecule has 2 heteroatoms. The third-order valence-corrected chi connectivity index (χ3v) is 6.36. The van der Waals surface area contributed by atoms with Crippen LogP contribution in [0.15, 0.2) is 84.9 Å². The molecule has 1 atom stereocenters. The van der Waals surface area contributed by atoms with Crippen LogP contribution in [0, 0.1) is 12.3 Å². The normalized spacial score (nSPS) is 11.9. The molecule has 5 rings (SSSR count). The maximum Gasteiger partial charge on any atom is 1.00 e. The summed E-state index contributed by atoms with van der Waals surface area (Å²) in [6.45, 7) is 3.67. The van der Waals surface area contributed by atoms with E-state index >= 15 is 0 Å². The van der Waals surface area contributed by atoms with Gasteiger partial charge in [0.1, 0.15) is 0 Å². The van der Waals surface area contributed by atoms with Gasteiger partial charge in [0.15, 0.2) is 0 Å². The van der Waals surface area contributed by atoms with E-state index in [0.717, 1.165) is 6.61 Å². The third kappa shape index (κ3) is 5.39. The predicted octanol–water partition coefficient (Wildman–Crippen LogP) is 5.80. The molecule has 0 aliphatic heterocycles. The van der Waals surface area contributed by atoms with Crippen LogP contribution in [0.25, 0.3) is 32.3 Å². The molecule has 0 N–H and O–H groups in total. The summed E-state index contributed by atoms with van der Waals surface area (Å²) in [5, 5.41) is 7.99. The summed E-state index contributed by atoms with van der Waals surface area (Å²) in [4.78, 5) is 0. The van der Waals surface area contributed by atoms with Crippen LogP contribution >= 0.6 is 0 Å². The van der Waals surface area contributed by atoms with Crippen molar-refractivity contribution in [2.45, 2.75) is 40.2 Å². The Hall–Kier alpha value is -2.43. The minimum Gasteiger partial charge on any atom is -0.377 e. The van der Waals surface area contributed by atoms with Crippen LogP contribution in [0.5, 0.6) is 0 Å². The van der Waals surface area contributed by atoms with E-state index in [-0.39, 0.29) is 26.3 Å². The molecule has 0 spiro atoms. The molecule has 0 bridgehead atoms. The average Bonchev–Trinajstić information content (AvgIpc) is 2.82. The number of ether oxygens (including phenoxy) is 1. The molecule has 0 saturated carbocycles. The molecule has 33 heavy (non-hydrogen) atoms. The molecule has 0 aliphatic rings. The summed E-state index contributed by atoms with van der Waals surface area (Å²) in [5.74, 6) is 0.446. The summed E-state index contributed by atoms with van der Waals surface area (Å²) in [5.41, 5.74) is 2.56. The summed E-state index contributed by atoms with van der Waals surface area (Å²) in [7, 11) is 0. The maximum atomic E-state index is 6.31. The fourth-order valence-corrected chi connectivity index (χ4v) is 4.76. The molecule has 5 aromatic carbocycles. The third-order valence-electron chi connectivity index (χ3n) is 6.36. The van der Waals surface area contributed by atoms with E-state index in [9.17, 15) is 0 Å². The van der Waals surface area contributed by atoms with Crippen molar-refractivity contribution < 1.29 is 23.6 Å². The zero-order valence-electron chi connectivity index (χ0n) is 19.2. The first-order chi connectivity index (χ1) is 15.3. The van der Waals surface area contributed by atoms with E-state index in [0.29, 0.717) is 12.5 Å². The average molecular weight is 429 g/mol. The molecular formula is C31H33LiO. The minimum absolute atomic E-state index is 0. The fourth-order valence-electron chi connectivity index (χ4n) is 4.76. The predicted molar refractivity (Wildman–Crippen MR) is 139 cm³/mol. The van der Waals surface area contributed by atoms with E-state index in [4.69, 9.17) is 4.74 Å². The summed E-state index contributed by atoms with van der Waals surface area (Å²) < 4.78 is 6.31. The second-order valence-corrected chi connectivity index (χ2v) is 8.58. The van der Waals surface area contributed by atoms with Gasteiger partial charge in [0.25, 0.3) is 0 Å². The molecule has 5 aromatic rings. The van der Waals surface area contributed by atoms with Crippen molar-refractivity contribution >= 4 is 32.3 Å². The molecule has 0 fully saturated rings. The van der Waals surface area contributed by atoms with E-state index in [1.165, 1.54) is 62.7 Å². The van der Waals surface area contributed by atoms with Gasteiger partial charge in [-0.25, -0.2) is 0 Å². The molecule has 0 saturated heterocycles. The second-order valence-electron chi connectivity index (χ2n) is 8.58. The van der Waals surface area contributed by atoms with E-state index in [2.05, 4.69) is 98.3 Å². The standard InChI is InChI=1S/C30H29O.CH4.Li/c1-2-3-8-23(19-22-9-5-4-6-10-22)20-31-21-27-16-15-26-14-13-24-11-7-12-25-17-18-28(27)30(26)29(24)25;;/h4-7,9-19,23H,2-3,8,20-21H2,1H3;1H4;/q-1;;+1. The van der Waals surface area contributed by atoms with Crippen LogP contribution in [-0.2, 0) is 11.3 Å². The van der Waals surface area contributed by atoms with Crippen molar-refractivity contribution in [3.05, 3.63) is 102 Å². The Morgan fingerprint density at radius 1 is 0.758 bits per heavy atom. The van der Waals surface area contributed by atoms with Crippen LogP contribution < -0.4 is 18.9 Å². The Kier molecular flexibility index (Phi) is 8.87. The van der Waals surface area contributed by atoms with Crippen LogP contribution in [0.4, 0.5) is 0 Å². The molecule has 0 aromatic heterocycles. The fraction of sp³-hybridized carbons (Fsp3) is 0.258. The zero-order chi connectivity index (χ0) is 21.0. The number of hydrogen-bond acceptors (Lipinski definition) is 1. The second kappa shape index (κ2) is 11.6. The van der Waals surface area contributed by atoms with Crippen molar-refractivity contribution in [1.82, 2.24) is 0 Å². The first-order valence-corrected chi connectivity index (χ1v) is 11.5. The van der Waals surface area contributed by atoms with Crippen molar-refractivity contribution in [2.75, 3.05) is 6.61 Å². The van der Waals surface area contributed by atoms with Gasteiger partial charge in [-0.3, -0.25) is 0 Å². The van der Waals surface area contributed by atoms with Crippen molar-refractivity contribution in [1.29, 1.82) is 0 Å². The van der Waals surface area contributed by atoms with Crippen LogP contribution in [-0.4, -0.2) is 6.61 Å². The Morgan fingerprint density at radius 2 is 1.42 bits per heavy atom. The molecule has 0 heterocycles. The van der Waals surface area contributed by atoms with Crippen molar-refractivity contribution in [3.8, 4) is 0 Å². The summed E-state index contributed by atoms with van der Waals surface area (Å²) in [6.07, 6.45) is 5.99. The van der Waals surface area contributed by atoms with Gasteiger partial charge in [-0.1, -0.05) is 94.3 Å². The Balaban J connectivity index is 0.00000153. The van der Waals surface area contributed by atoms with Crippen LogP contribution in [0.1, 0.15) is 44.7 Å². The van der Waals surface area contributed by atoms with Gasteiger partial charge in [0.2, 0.25) is 0 Å². The minimum atomic E-state index is 0. The molecule has 0 radical (unpaired) electrons. The largest absolute Gasteiger partial charge is 1.00 e.